The van der Waals surface area contributed by atoms with Gasteiger partial charge in [0.25, 0.3) is 0 Å². The second kappa shape index (κ2) is 8.38. The molecule has 1 aromatic rings. The molecular weight excluding hydrogens is 296 g/mol. The van der Waals surface area contributed by atoms with E-state index in [1.54, 1.807) is 38.5 Å². The normalized spacial score (nSPS) is 34.5. The topological polar surface area (TPSA) is 21.8 Å². The number of rotatable bonds is 3. The van der Waals surface area contributed by atoms with Gasteiger partial charge in [0.15, 0.2) is 0 Å². The molecule has 0 spiro atoms. The van der Waals surface area contributed by atoms with Gasteiger partial charge in [0, 0.05) is 0 Å². The van der Waals surface area contributed by atoms with Crippen molar-refractivity contribution in [3.05, 3.63) is 29.8 Å². The van der Waals surface area contributed by atoms with Crippen molar-refractivity contribution in [1.82, 2.24) is 0 Å². The van der Waals surface area contributed by atoms with E-state index in [0.717, 1.165) is 12.4 Å². The molecule has 3 aliphatic carbocycles. The molecule has 1 heterocycles. The molecule has 1 saturated heterocycles. The maximum absolute atomic E-state index is 5.54. The maximum atomic E-state index is 5.54. The molecule has 0 radical (unpaired) electrons. The van der Waals surface area contributed by atoms with E-state index in [-0.39, 0.29) is 0 Å². The molecule has 0 amide bonds. The van der Waals surface area contributed by atoms with E-state index < -0.39 is 0 Å². The van der Waals surface area contributed by atoms with Gasteiger partial charge in [-0.15, -0.1) is 0 Å². The summed E-state index contributed by atoms with van der Waals surface area (Å²) in [7, 11) is 0. The average Bonchev–Trinajstić information content (AvgIpc) is 3.04. The number of ether oxygens (including phenoxy) is 2. The smallest absolute Gasteiger partial charge is 0.122 e. The summed E-state index contributed by atoms with van der Waals surface area (Å²) in [6.45, 7) is 7.58. The molecule has 24 heavy (non-hydrogen) atoms. The van der Waals surface area contributed by atoms with Crippen molar-refractivity contribution >= 4 is 0 Å². The molecule has 0 aromatic heterocycles. The zero-order chi connectivity index (χ0) is 16.9. The third-order valence-corrected chi connectivity index (χ3v) is 6.27. The predicted octanol–water partition coefficient (Wildman–Crippen LogP) is 5.63. The zero-order valence-electron chi connectivity index (χ0n) is 15.7. The maximum Gasteiger partial charge on any atom is 0.122 e. The Kier molecular flexibility index (Phi) is 6.21. The van der Waals surface area contributed by atoms with E-state index in [1.165, 1.54) is 29.2 Å². The van der Waals surface area contributed by atoms with Crippen LogP contribution in [0, 0.1) is 30.6 Å². The Morgan fingerprint density at radius 1 is 1.00 bits per heavy atom. The van der Waals surface area contributed by atoms with E-state index in [9.17, 15) is 0 Å². The molecule has 134 valence electrons. The first kappa shape index (κ1) is 17.8. The predicted molar refractivity (Wildman–Crippen MR) is 99.4 cm³/mol. The van der Waals surface area contributed by atoms with Crippen LogP contribution in [0.5, 0.6) is 5.75 Å². The van der Waals surface area contributed by atoms with Gasteiger partial charge in [0.05, 0.1) is 6.61 Å². The van der Waals surface area contributed by atoms with Crippen molar-refractivity contribution < 1.29 is 9.47 Å². The molecule has 4 fully saturated rings. The van der Waals surface area contributed by atoms with Gasteiger partial charge in [-0.3, -0.25) is 0 Å². The summed E-state index contributed by atoms with van der Waals surface area (Å²) in [5.41, 5.74) is 1.18. The third kappa shape index (κ3) is 4.14. The average molecular weight is 331 g/mol. The highest BCUT2D eigenvalue weighted by Crippen LogP contribution is 2.58. The molecule has 5 atom stereocenters. The minimum absolute atomic E-state index is 0.338. The highest BCUT2D eigenvalue weighted by Gasteiger charge is 2.48. The number of benzene rings is 1. The molecule has 5 unspecified atom stereocenters. The third-order valence-electron chi connectivity index (χ3n) is 6.27. The lowest BCUT2D eigenvalue weighted by molar-refractivity contribution is 0.259. The summed E-state index contributed by atoms with van der Waals surface area (Å²) in [6, 6.07) is 8.02. The van der Waals surface area contributed by atoms with Crippen LogP contribution in [0.15, 0.2) is 24.3 Å². The van der Waals surface area contributed by atoms with Crippen LogP contribution >= 0.6 is 0 Å². The fraction of sp³-hybridized carbons (Fsp3) is 0.727. The van der Waals surface area contributed by atoms with Crippen LogP contribution in [0.4, 0.5) is 0 Å². The van der Waals surface area contributed by atoms with Crippen LogP contribution in [0.25, 0.3) is 0 Å². The van der Waals surface area contributed by atoms with Gasteiger partial charge in [0.2, 0.25) is 0 Å². The van der Waals surface area contributed by atoms with Crippen molar-refractivity contribution in [3.8, 4) is 5.75 Å². The van der Waals surface area contributed by atoms with Gasteiger partial charge >= 0.3 is 0 Å². The van der Waals surface area contributed by atoms with Crippen molar-refractivity contribution in [3.63, 3.8) is 0 Å². The van der Waals surface area contributed by atoms with Crippen LogP contribution in [-0.2, 0) is 4.74 Å². The highest BCUT2D eigenvalue weighted by atomic mass is 16.6. The van der Waals surface area contributed by atoms with Gasteiger partial charge in [-0.05, 0) is 74.3 Å². The number of aryl methyl sites for hydroxylation is 1. The first-order valence-electron chi connectivity index (χ1n) is 10.1. The molecule has 3 saturated carbocycles. The van der Waals surface area contributed by atoms with Gasteiger partial charge in [-0.1, -0.05) is 38.5 Å². The molecule has 1 aliphatic heterocycles. The summed E-state index contributed by atoms with van der Waals surface area (Å²) in [4.78, 5) is 0. The molecule has 5 rings (SSSR count). The number of para-hydroxylation sites is 1. The quantitative estimate of drug-likeness (QED) is 0.670. The first-order chi connectivity index (χ1) is 11.8. The van der Waals surface area contributed by atoms with Crippen LogP contribution in [-0.4, -0.2) is 19.3 Å². The largest absolute Gasteiger partial charge is 0.491 e. The van der Waals surface area contributed by atoms with Gasteiger partial charge < -0.3 is 9.47 Å². The van der Waals surface area contributed by atoms with Crippen LogP contribution in [0.2, 0.25) is 0 Å². The standard InChI is InChI=1S/C10H12O2.C10H16.C2H6/c1-8-4-2-3-5-10(8)12-7-9-6-11-9;1-2-9-7-4-5-8(6-7)10(9)3-1;1-2/h2-5,9H,6-7H2,1H3;7-10H,1-6H2;1-2H3. The summed E-state index contributed by atoms with van der Waals surface area (Å²) < 4.78 is 10.6. The highest BCUT2D eigenvalue weighted by molar-refractivity contribution is 5.31. The zero-order valence-corrected chi connectivity index (χ0v) is 15.7. The van der Waals surface area contributed by atoms with E-state index in [1.807, 2.05) is 45.0 Å². The molecule has 0 N–H and O–H groups in total. The van der Waals surface area contributed by atoms with Crippen molar-refractivity contribution in [2.45, 2.75) is 65.4 Å². The Morgan fingerprint density at radius 3 is 2.21 bits per heavy atom. The fourth-order valence-corrected chi connectivity index (χ4v) is 5.08. The van der Waals surface area contributed by atoms with Gasteiger partial charge in [-0.2, -0.15) is 0 Å². The SMILES string of the molecule is C1CC2C3CCC(C3)C2C1.CC.Cc1ccccc1OCC1CO1. The lowest BCUT2D eigenvalue weighted by Gasteiger charge is -2.23. The van der Waals surface area contributed by atoms with Crippen LogP contribution < -0.4 is 4.74 Å². The van der Waals surface area contributed by atoms with Crippen molar-refractivity contribution in [2.75, 3.05) is 13.2 Å². The monoisotopic (exact) mass is 330 g/mol. The number of hydrogen-bond acceptors (Lipinski definition) is 2. The Bertz CT molecular complexity index is 492. The molecule has 4 aliphatic rings. The Balaban J connectivity index is 0.000000129. The molecular formula is C22H34O2. The second-order valence-electron chi connectivity index (χ2n) is 7.62. The van der Waals surface area contributed by atoms with Crippen LogP contribution in [0.3, 0.4) is 0 Å². The summed E-state index contributed by atoms with van der Waals surface area (Å²) in [5, 5.41) is 0. The summed E-state index contributed by atoms with van der Waals surface area (Å²) in [6.07, 6.45) is 9.87. The molecule has 2 bridgehead atoms. The van der Waals surface area contributed by atoms with E-state index in [0.29, 0.717) is 12.7 Å². The second-order valence-corrected chi connectivity index (χ2v) is 7.62. The lowest BCUT2D eigenvalue weighted by Crippen LogP contribution is -2.15. The molecule has 2 nitrogen and oxygen atoms in total. The van der Waals surface area contributed by atoms with Crippen molar-refractivity contribution in [1.29, 1.82) is 0 Å². The molecule has 2 heteroatoms. The Morgan fingerprint density at radius 2 is 1.62 bits per heavy atom. The minimum atomic E-state index is 0.338. The minimum Gasteiger partial charge on any atom is -0.491 e. The number of fused-ring (bicyclic) bond motifs is 5. The summed E-state index contributed by atoms with van der Waals surface area (Å²) >= 11 is 0. The van der Waals surface area contributed by atoms with Gasteiger partial charge in [0.1, 0.15) is 18.5 Å². The van der Waals surface area contributed by atoms with Gasteiger partial charge in [-0.25, -0.2) is 0 Å². The fourth-order valence-electron chi connectivity index (χ4n) is 5.08. The Labute approximate surface area is 147 Å². The van der Waals surface area contributed by atoms with Crippen molar-refractivity contribution in [2.24, 2.45) is 23.7 Å². The van der Waals surface area contributed by atoms with E-state index in [2.05, 4.69) is 0 Å². The molecule has 1 aromatic carbocycles. The first-order valence-corrected chi connectivity index (χ1v) is 10.1. The number of epoxide rings is 1. The number of hydrogen-bond donors (Lipinski definition) is 0. The van der Waals surface area contributed by atoms with Crippen LogP contribution in [0.1, 0.15) is 57.9 Å². The lowest BCUT2D eigenvalue weighted by atomic mass is 9.82. The Hall–Kier alpha value is -1.02. The van der Waals surface area contributed by atoms with E-state index in [4.69, 9.17) is 9.47 Å². The summed E-state index contributed by atoms with van der Waals surface area (Å²) in [5.74, 6) is 5.76. The van der Waals surface area contributed by atoms with E-state index >= 15 is 0 Å².